The van der Waals surface area contributed by atoms with Crippen molar-refractivity contribution in [1.82, 2.24) is 57.3 Å². The predicted octanol–water partition coefficient (Wildman–Crippen LogP) is -7.41. The van der Waals surface area contributed by atoms with Crippen LogP contribution in [0.2, 0.25) is 0 Å². The number of primary amides is 1. The van der Waals surface area contributed by atoms with Gasteiger partial charge in [0.1, 0.15) is 42.3 Å². The summed E-state index contributed by atoms with van der Waals surface area (Å²) in [6.07, 6.45) is -0.520. The van der Waals surface area contributed by atoms with Gasteiger partial charge in [0.25, 0.3) is 0 Å². The zero-order valence-corrected chi connectivity index (χ0v) is 48.7. The molecule has 8 atom stereocenters. The highest BCUT2D eigenvalue weighted by Gasteiger charge is 2.41. The van der Waals surface area contributed by atoms with Crippen molar-refractivity contribution in [2.45, 2.75) is 138 Å². The van der Waals surface area contributed by atoms with Crippen molar-refractivity contribution in [2.75, 3.05) is 45.8 Å². The Kier molecular flexibility index (Phi) is 28.4. The lowest BCUT2D eigenvalue weighted by Gasteiger charge is -2.30. The average molecular weight is 1250 g/mol. The van der Waals surface area contributed by atoms with Gasteiger partial charge in [-0.15, -0.1) is 0 Å². The maximum atomic E-state index is 13.9. The Bertz CT molecular complexity index is 2980. The number of carbonyl (C=O) groups is 14. The van der Waals surface area contributed by atoms with Crippen molar-refractivity contribution in [3.8, 4) is 0 Å². The standard InChI is InChI=1S/C53H79N19O17/c54-29(8-3-17-60-52(56)57)44(81)69-34(22-38(55)73)50(87)72-20-6-12-37(72)49(86)68-31(10-4-18-61-53(58)59)45(82)65-25-40(75)66-33(14-16-43(79)80)47(84)67-32(13-15-42(77)78)46(83)64-24-39(74)63-26-41(76)71-19-5-11-36(71)48(85)70-35(51(88)89)21-27-23-62-30-9-2-1-7-28(27)30/h1-2,7,9,23,29,31-37,62H,3-6,8,10-22,24-26,54H2,(H2,55,73)(H,63,74)(H,64,83)(H,65,82)(H,66,75)(H,67,84)(H,68,86)(H,69,81)(H,70,85)(H,77,78)(H,79,80)(H,88,89)(H4,56,57,60)(H4,58,59,61)/t29-,31-,32-,33-,34-,35-,36-,37-/m0/s1. The fourth-order valence-electron chi connectivity index (χ4n) is 9.71. The molecule has 4 rings (SSSR count). The summed E-state index contributed by atoms with van der Waals surface area (Å²) in [5.74, 6) is -14.8. The molecule has 1 aromatic carbocycles. The normalized spacial score (nSPS) is 16.3. The number of amides is 11. The van der Waals surface area contributed by atoms with Gasteiger partial charge in [0.2, 0.25) is 65.0 Å². The lowest BCUT2D eigenvalue weighted by atomic mass is 10.0. The molecule has 0 radical (unpaired) electrons. The number of H-pyrrole nitrogens is 1. The highest BCUT2D eigenvalue weighted by atomic mass is 16.4. The van der Waals surface area contributed by atoms with E-state index >= 15 is 0 Å². The van der Waals surface area contributed by atoms with Crippen molar-refractivity contribution in [2.24, 2.45) is 44.4 Å². The smallest absolute Gasteiger partial charge is 0.326 e. The number of aromatic amines is 1. The summed E-state index contributed by atoms with van der Waals surface area (Å²) in [4.78, 5) is 195. The largest absolute Gasteiger partial charge is 0.481 e. The number of hydrogen-bond acceptors (Lipinski definition) is 17. The van der Waals surface area contributed by atoms with Gasteiger partial charge in [0.15, 0.2) is 11.9 Å². The fraction of sp³-hybridized carbons (Fsp3) is 0.547. The second-order valence-electron chi connectivity index (χ2n) is 21.0. The molecule has 488 valence electrons. The number of carboxylic acid groups (broad SMARTS) is 3. The van der Waals surface area contributed by atoms with E-state index in [4.69, 9.17) is 34.4 Å². The van der Waals surface area contributed by atoms with Crippen molar-refractivity contribution >= 4 is 106 Å². The fourth-order valence-corrected chi connectivity index (χ4v) is 9.71. The first-order valence-corrected chi connectivity index (χ1v) is 28.4. The van der Waals surface area contributed by atoms with Crippen molar-refractivity contribution in [1.29, 1.82) is 0 Å². The summed E-state index contributed by atoms with van der Waals surface area (Å²) in [6.45, 7) is -2.18. The second-order valence-corrected chi connectivity index (χ2v) is 21.0. The number of guanidine groups is 2. The van der Waals surface area contributed by atoms with E-state index < -0.39 is 183 Å². The summed E-state index contributed by atoms with van der Waals surface area (Å²) >= 11 is 0. The average Bonchev–Trinajstić information content (AvgIpc) is 3.16. The first-order chi connectivity index (χ1) is 42.1. The van der Waals surface area contributed by atoms with Crippen LogP contribution in [0.3, 0.4) is 0 Å². The van der Waals surface area contributed by atoms with Crippen molar-refractivity contribution in [3.63, 3.8) is 0 Å². The number of carboxylic acids is 3. The van der Waals surface area contributed by atoms with Crippen LogP contribution in [-0.2, 0) is 73.5 Å². The van der Waals surface area contributed by atoms with E-state index in [1.54, 1.807) is 24.4 Å². The van der Waals surface area contributed by atoms with Crippen LogP contribution in [0, 0.1) is 0 Å². The van der Waals surface area contributed by atoms with E-state index in [2.05, 4.69) is 57.5 Å². The Morgan fingerprint density at radius 1 is 0.573 bits per heavy atom. The number of fused-ring (bicyclic) bond motifs is 1. The maximum absolute atomic E-state index is 13.9. The van der Waals surface area contributed by atoms with Crippen LogP contribution in [0.25, 0.3) is 10.9 Å². The van der Waals surface area contributed by atoms with Gasteiger partial charge in [0, 0.05) is 62.5 Å². The number of carbonyl (C=O) groups excluding carboxylic acids is 11. The zero-order valence-electron chi connectivity index (χ0n) is 48.7. The van der Waals surface area contributed by atoms with Crippen molar-refractivity contribution < 1.29 is 82.4 Å². The van der Waals surface area contributed by atoms with Crippen LogP contribution in [-0.4, -0.2) is 219 Å². The molecule has 0 saturated carbocycles. The molecule has 36 nitrogen and oxygen atoms in total. The van der Waals surface area contributed by atoms with Crippen molar-refractivity contribution in [3.05, 3.63) is 36.0 Å². The number of aromatic nitrogens is 1. The summed E-state index contributed by atoms with van der Waals surface area (Å²) in [5, 5.41) is 48.4. The molecule has 89 heavy (non-hydrogen) atoms. The second kappa shape index (κ2) is 35.5. The molecule has 1 aromatic heterocycles. The summed E-state index contributed by atoms with van der Waals surface area (Å²) in [5.41, 5.74) is 34.3. The van der Waals surface area contributed by atoms with E-state index in [0.717, 1.165) is 15.8 Å². The Hall–Kier alpha value is -10.2. The van der Waals surface area contributed by atoms with E-state index in [-0.39, 0.29) is 89.5 Å². The molecule has 0 spiro atoms. The lowest BCUT2D eigenvalue weighted by Crippen LogP contribution is -2.58. The van der Waals surface area contributed by atoms with Crippen LogP contribution in [0.1, 0.15) is 89.0 Å². The number of aliphatic imine (C=N–C) groups is 2. The number of benzene rings is 1. The third-order valence-electron chi connectivity index (χ3n) is 14.2. The van der Waals surface area contributed by atoms with Gasteiger partial charge in [0.05, 0.1) is 32.1 Å². The Balaban J connectivity index is 1.36. The molecule has 2 aliphatic heterocycles. The number of aliphatic carboxylic acids is 3. The lowest BCUT2D eigenvalue weighted by molar-refractivity contribution is -0.144. The predicted molar refractivity (Wildman–Crippen MR) is 313 cm³/mol. The van der Waals surface area contributed by atoms with Crippen LogP contribution < -0.4 is 76.9 Å². The first-order valence-electron chi connectivity index (χ1n) is 28.4. The van der Waals surface area contributed by atoms with Crippen LogP contribution in [0.15, 0.2) is 40.4 Å². The van der Waals surface area contributed by atoms with Gasteiger partial charge in [-0.2, -0.15) is 0 Å². The molecule has 2 aliphatic rings. The van der Waals surface area contributed by atoms with E-state index in [1.165, 1.54) is 4.90 Å². The van der Waals surface area contributed by atoms with Gasteiger partial charge in [-0.05, 0) is 75.8 Å². The van der Waals surface area contributed by atoms with Gasteiger partial charge in [-0.25, -0.2) is 4.79 Å². The van der Waals surface area contributed by atoms with Gasteiger partial charge in [-0.3, -0.25) is 72.3 Å². The SMILES string of the molecule is NC(=O)C[C@H](NC(=O)[C@@H](N)CCCN=C(N)N)C(=O)N1CCC[C@H]1C(=O)N[C@@H](CCCN=C(N)N)C(=O)NCC(=O)N[C@@H](CCC(=O)O)C(=O)N[C@@H](CCC(=O)O)C(=O)NCC(=O)NCC(=O)N1CCC[C@H]1C(=O)N[C@@H](Cc1c[nH]c2ccccc12)C(=O)O. The molecule has 2 aromatic rings. The minimum absolute atomic E-state index is 0.0165. The summed E-state index contributed by atoms with van der Waals surface area (Å²) < 4.78 is 0. The molecule has 24 N–H and O–H groups in total. The number of hydrogen-bond donors (Lipinski definition) is 18. The number of para-hydroxylation sites is 1. The Morgan fingerprint density at radius 2 is 1.09 bits per heavy atom. The molecule has 2 fully saturated rings. The molecular formula is C53H79N19O17. The Labute approximate surface area is 508 Å². The molecule has 2 saturated heterocycles. The Morgan fingerprint density at radius 3 is 1.66 bits per heavy atom. The van der Waals surface area contributed by atoms with Gasteiger partial charge < -0.3 is 107 Å². The van der Waals surface area contributed by atoms with Crippen LogP contribution in [0.4, 0.5) is 0 Å². The first kappa shape index (κ1) is 71.3. The number of likely N-dealkylation sites (tertiary alicyclic amines) is 2. The van der Waals surface area contributed by atoms with E-state index in [1.807, 2.05) is 6.07 Å². The third-order valence-corrected chi connectivity index (χ3v) is 14.2. The molecule has 0 aliphatic carbocycles. The van der Waals surface area contributed by atoms with Gasteiger partial charge in [-0.1, -0.05) is 18.2 Å². The van der Waals surface area contributed by atoms with Crippen LogP contribution >= 0.6 is 0 Å². The van der Waals surface area contributed by atoms with E-state index in [0.29, 0.717) is 12.0 Å². The molecular weight excluding hydrogens is 1170 g/mol. The molecule has 0 bridgehead atoms. The number of rotatable bonds is 37. The summed E-state index contributed by atoms with van der Waals surface area (Å²) in [7, 11) is 0. The zero-order chi connectivity index (χ0) is 65.9. The monoisotopic (exact) mass is 1250 g/mol. The quantitative estimate of drug-likeness (QED) is 0.0170. The van der Waals surface area contributed by atoms with Gasteiger partial charge >= 0.3 is 17.9 Å². The topological polar surface area (TPSA) is 599 Å². The highest BCUT2D eigenvalue weighted by Crippen LogP contribution is 2.23. The highest BCUT2D eigenvalue weighted by molar-refractivity contribution is 5.99. The summed E-state index contributed by atoms with van der Waals surface area (Å²) in [6, 6.07) is -4.07. The van der Waals surface area contributed by atoms with E-state index in [9.17, 15) is 82.4 Å². The molecule has 3 heterocycles. The molecule has 0 unspecified atom stereocenters. The molecule has 36 heteroatoms. The van der Waals surface area contributed by atoms with Crippen LogP contribution in [0.5, 0.6) is 0 Å². The minimum Gasteiger partial charge on any atom is -0.481 e. The molecule has 11 amide bonds. The number of nitrogens with two attached hydrogens (primary N) is 6. The minimum atomic E-state index is -1.74. The third kappa shape index (κ3) is 23.9. The number of nitrogens with zero attached hydrogens (tertiary/aromatic N) is 4. The number of nitrogens with one attached hydrogen (secondary N) is 9. The maximum Gasteiger partial charge on any atom is 0.326 e.